The Kier molecular flexibility index (Phi) is 2.13. The molecule has 13 heavy (non-hydrogen) atoms. The Bertz CT molecular complexity index is 367. The van der Waals surface area contributed by atoms with Gasteiger partial charge in [0.1, 0.15) is 7.14 Å². The third-order valence-corrected chi connectivity index (χ3v) is 5.35. The molecular weight excluding hydrogens is 179 g/mol. The van der Waals surface area contributed by atoms with E-state index in [1.54, 1.807) is 0 Å². The first-order valence-corrected chi connectivity index (χ1v) is 6.50. The van der Waals surface area contributed by atoms with E-state index in [4.69, 9.17) is 0 Å². The fourth-order valence-corrected chi connectivity index (χ4v) is 4.44. The fourth-order valence-electron chi connectivity index (χ4n) is 1.71. The Morgan fingerprint density at radius 3 is 2.54 bits per heavy atom. The van der Waals surface area contributed by atoms with E-state index in [0.717, 1.165) is 11.5 Å². The number of hydrogen-bond acceptors (Lipinski definition) is 1. The average Bonchev–Trinajstić information content (AvgIpc) is 2.49. The van der Waals surface area contributed by atoms with Crippen molar-refractivity contribution in [2.75, 3.05) is 6.16 Å². The van der Waals surface area contributed by atoms with Crippen molar-refractivity contribution in [1.82, 2.24) is 0 Å². The van der Waals surface area contributed by atoms with Crippen molar-refractivity contribution in [2.45, 2.75) is 6.92 Å². The number of benzene rings is 1. The topological polar surface area (TPSA) is 17.1 Å². The van der Waals surface area contributed by atoms with Crippen LogP contribution in [-0.4, -0.2) is 6.16 Å². The molecule has 1 aromatic carbocycles. The molecule has 0 radical (unpaired) electrons. The van der Waals surface area contributed by atoms with Crippen LogP contribution in [0.2, 0.25) is 0 Å². The van der Waals surface area contributed by atoms with Crippen molar-refractivity contribution < 1.29 is 4.57 Å². The van der Waals surface area contributed by atoms with Crippen LogP contribution in [0.4, 0.5) is 0 Å². The van der Waals surface area contributed by atoms with Crippen LogP contribution in [0.15, 0.2) is 42.2 Å². The summed E-state index contributed by atoms with van der Waals surface area (Å²) in [7, 11) is -2.16. The lowest BCUT2D eigenvalue weighted by Gasteiger charge is -2.10. The van der Waals surface area contributed by atoms with Gasteiger partial charge in [0.2, 0.25) is 0 Å². The van der Waals surface area contributed by atoms with E-state index >= 15 is 0 Å². The van der Waals surface area contributed by atoms with Crippen LogP contribution in [0, 0.1) is 5.92 Å². The first kappa shape index (κ1) is 8.77. The summed E-state index contributed by atoms with van der Waals surface area (Å²) in [6.07, 6.45) is 2.87. The lowest BCUT2D eigenvalue weighted by molar-refractivity contribution is 0.585. The Balaban J connectivity index is 2.38. The Morgan fingerprint density at radius 1 is 1.31 bits per heavy atom. The molecule has 0 bridgehead atoms. The van der Waals surface area contributed by atoms with Gasteiger partial charge in [0.25, 0.3) is 0 Å². The second-order valence-electron chi connectivity index (χ2n) is 3.63. The lowest BCUT2D eigenvalue weighted by Crippen LogP contribution is -2.04. The minimum atomic E-state index is -2.16. The molecule has 68 valence electrons. The van der Waals surface area contributed by atoms with Crippen LogP contribution in [0.25, 0.3) is 0 Å². The van der Waals surface area contributed by atoms with Gasteiger partial charge in [-0.3, -0.25) is 0 Å². The molecular formula is C11H13OP. The predicted molar refractivity (Wildman–Crippen MR) is 56.9 cm³/mol. The lowest BCUT2D eigenvalue weighted by atomic mass is 10.2. The summed E-state index contributed by atoms with van der Waals surface area (Å²) in [4.78, 5) is 0. The predicted octanol–water partition coefficient (Wildman–Crippen LogP) is 2.84. The summed E-state index contributed by atoms with van der Waals surface area (Å²) in [5, 5.41) is 0.996. The second-order valence-corrected chi connectivity index (χ2v) is 6.40. The maximum Gasteiger partial charge on any atom is 0.136 e. The van der Waals surface area contributed by atoms with Crippen molar-refractivity contribution in [3.05, 3.63) is 42.2 Å². The minimum Gasteiger partial charge on any atom is -0.314 e. The molecule has 0 spiro atoms. The highest BCUT2D eigenvalue weighted by atomic mass is 31.2. The van der Waals surface area contributed by atoms with Crippen molar-refractivity contribution >= 4 is 12.4 Å². The summed E-state index contributed by atoms with van der Waals surface area (Å²) >= 11 is 0. The van der Waals surface area contributed by atoms with Gasteiger partial charge in [-0.2, -0.15) is 0 Å². The van der Waals surface area contributed by atoms with E-state index in [1.165, 1.54) is 0 Å². The van der Waals surface area contributed by atoms with E-state index in [-0.39, 0.29) is 0 Å². The van der Waals surface area contributed by atoms with E-state index in [9.17, 15) is 4.57 Å². The van der Waals surface area contributed by atoms with Gasteiger partial charge >= 0.3 is 0 Å². The molecule has 0 amide bonds. The minimum absolute atomic E-state index is 0.464. The van der Waals surface area contributed by atoms with Gasteiger partial charge < -0.3 is 4.57 Å². The molecule has 0 fully saturated rings. The molecule has 1 aliphatic rings. The van der Waals surface area contributed by atoms with Crippen LogP contribution >= 0.6 is 7.14 Å². The van der Waals surface area contributed by atoms with E-state index in [2.05, 4.69) is 13.0 Å². The number of allylic oxidation sites excluding steroid dienone is 1. The van der Waals surface area contributed by atoms with E-state index < -0.39 is 7.14 Å². The maximum atomic E-state index is 12.3. The molecule has 0 saturated heterocycles. The maximum absolute atomic E-state index is 12.3. The van der Waals surface area contributed by atoms with Gasteiger partial charge in [-0.05, 0) is 11.7 Å². The zero-order chi connectivity index (χ0) is 9.31. The van der Waals surface area contributed by atoms with Crippen LogP contribution < -0.4 is 5.30 Å². The van der Waals surface area contributed by atoms with Gasteiger partial charge in [-0.15, -0.1) is 0 Å². The molecule has 1 heterocycles. The van der Waals surface area contributed by atoms with E-state index in [0.29, 0.717) is 5.92 Å². The summed E-state index contributed by atoms with van der Waals surface area (Å²) < 4.78 is 12.3. The van der Waals surface area contributed by atoms with Gasteiger partial charge in [0.05, 0.1) is 0 Å². The third-order valence-electron chi connectivity index (χ3n) is 2.41. The van der Waals surface area contributed by atoms with Crippen molar-refractivity contribution in [1.29, 1.82) is 0 Å². The zero-order valence-corrected chi connectivity index (χ0v) is 8.58. The van der Waals surface area contributed by atoms with Crippen LogP contribution in [-0.2, 0) is 4.57 Å². The molecule has 0 aliphatic carbocycles. The van der Waals surface area contributed by atoms with Crippen molar-refractivity contribution in [3.63, 3.8) is 0 Å². The quantitative estimate of drug-likeness (QED) is 0.625. The molecule has 0 N–H and O–H groups in total. The monoisotopic (exact) mass is 192 g/mol. The first-order chi connectivity index (χ1) is 6.21. The summed E-state index contributed by atoms with van der Waals surface area (Å²) in [6.45, 7) is 2.11. The Hall–Kier alpha value is -0.810. The van der Waals surface area contributed by atoms with Crippen LogP contribution in [0.5, 0.6) is 0 Å². The normalized spacial score (nSPS) is 32.2. The summed E-state index contributed by atoms with van der Waals surface area (Å²) in [5.74, 6) is 2.37. The Morgan fingerprint density at radius 2 is 2.00 bits per heavy atom. The van der Waals surface area contributed by atoms with Gasteiger partial charge in [-0.1, -0.05) is 43.3 Å². The van der Waals surface area contributed by atoms with Gasteiger partial charge in [0.15, 0.2) is 0 Å². The molecule has 2 unspecified atom stereocenters. The zero-order valence-electron chi connectivity index (χ0n) is 7.68. The number of hydrogen-bond donors (Lipinski definition) is 0. The van der Waals surface area contributed by atoms with Gasteiger partial charge in [0, 0.05) is 11.5 Å². The highest BCUT2D eigenvalue weighted by molar-refractivity contribution is 7.74. The van der Waals surface area contributed by atoms with Gasteiger partial charge in [-0.25, -0.2) is 0 Å². The van der Waals surface area contributed by atoms with Crippen molar-refractivity contribution in [3.8, 4) is 0 Å². The SMILES string of the molecule is CC1C=CP(=O)(c2ccccc2)C1. The van der Waals surface area contributed by atoms with Crippen LogP contribution in [0.1, 0.15) is 6.92 Å². The molecule has 0 saturated carbocycles. The fraction of sp³-hybridized carbons (Fsp3) is 0.273. The molecule has 1 nitrogen and oxygen atoms in total. The largest absolute Gasteiger partial charge is 0.314 e. The molecule has 2 heteroatoms. The molecule has 2 atom stereocenters. The second kappa shape index (κ2) is 3.16. The van der Waals surface area contributed by atoms with Crippen molar-refractivity contribution in [2.24, 2.45) is 5.92 Å². The first-order valence-electron chi connectivity index (χ1n) is 4.54. The molecule has 0 aromatic heterocycles. The molecule has 1 aliphatic heterocycles. The smallest absolute Gasteiger partial charge is 0.136 e. The third kappa shape index (κ3) is 1.62. The van der Waals surface area contributed by atoms with E-state index in [1.807, 2.05) is 36.1 Å². The highest BCUT2D eigenvalue weighted by Gasteiger charge is 2.27. The number of rotatable bonds is 1. The highest BCUT2D eigenvalue weighted by Crippen LogP contribution is 2.52. The van der Waals surface area contributed by atoms with Crippen LogP contribution in [0.3, 0.4) is 0 Å². The Labute approximate surface area is 78.9 Å². The average molecular weight is 192 g/mol. The molecule has 2 rings (SSSR count). The standard InChI is InChI=1S/C11H13OP/c1-10-7-8-13(12,9-10)11-5-3-2-4-6-11/h2-8,10H,9H2,1H3. The summed E-state index contributed by atoms with van der Waals surface area (Å²) in [5.41, 5.74) is 0. The summed E-state index contributed by atoms with van der Waals surface area (Å²) in [6, 6.07) is 9.78. The molecule has 1 aromatic rings.